The topological polar surface area (TPSA) is 0 Å². The van der Waals surface area contributed by atoms with Crippen LogP contribution in [0.15, 0.2) is 78.4 Å². The molecule has 3 heteroatoms. The van der Waals surface area contributed by atoms with Crippen molar-refractivity contribution in [3.8, 4) is 11.1 Å². The largest absolute Gasteiger partial charge is 0.184 e. The molecular formula is C42H50Cl2Zr-4. The van der Waals surface area contributed by atoms with E-state index < -0.39 is 0 Å². The molecular weight excluding hydrogens is 667 g/mol. The van der Waals surface area contributed by atoms with E-state index in [1.807, 2.05) is 30.3 Å². The summed E-state index contributed by atoms with van der Waals surface area (Å²) in [5.74, 6) is 0.522. The molecule has 0 heterocycles. The summed E-state index contributed by atoms with van der Waals surface area (Å²) in [6.07, 6.45) is 19.0. The van der Waals surface area contributed by atoms with E-state index in [1.54, 1.807) is 6.92 Å². The monoisotopic (exact) mass is 714 g/mol. The standard InChI is InChI=1S/C23H21.C10H15.C6H5.C2H5.CH2.2ClH.Zr/c1-22(2)7-5-14-10-18-16(12-20(14)22)9-17-13-21-15(11-19(17)18)6-8-23(21,3)4;1-8-5-6-9(7-8)10(2,3)4;1-2-4-6-5-3-1;1-2;;;;/h5-7,10-13H,9H2,1-4H3;6-8H,1-4H3;1-5H;1H2,2H3;1H2;2*1H;/q4*-1;;;;. The van der Waals surface area contributed by atoms with E-state index in [9.17, 15) is 0 Å². The molecule has 4 aliphatic rings. The molecule has 0 saturated carbocycles. The van der Waals surface area contributed by atoms with Crippen LogP contribution in [0.1, 0.15) is 95.7 Å². The molecule has 0 spiro atoms. The molecule has 0 fully saturated rings. The van der Waals surface area contributed by atoms with Crippen molar-refractivity contribution in [2.75, 3.05) is 0 Å². The number of rotatable bonds is 0. The zero-order chi connectivity index (χ0) is 32.0. The van der Waals surface area contributed by atoms with Crippen LogP contribution in [-0.4, -0.2) is 4.21 Å². The van der Waals surface area contributed by atoms with Crippen molar-refractivity contribution in [3.63, 3.8) is 0 Å². The van der Waals surface area contributed by atoms with Crippen LogP contribution >= 0.6 is 24.8 Å². The summed E-state index contributed by atoms with van der Waals surface area (Å²) in [5, 5.41) is 0. The summed E-state index contributed by atoms with van der Waals surface area (Å²) in [6.45, 7) is 23.0. The number of halogens is 2. The SMILES string of the molecule is CC1(C)[C-]=Cc2cc3c(cc21)Cc1cc2c(cc1-3)C=CC2(C)C.CC1[C-]=CC(C(C)(C)C)=C1.Cl.Cl.[CH2-]C.[CH2]=[Zr].[c-]1ccccc1. The first-order chi connectivity index (χ1) is 20.3. The summed E-state index contributed by atoms with van der Waals surface area (Å²) in [4.78, 5) is 0. The molecule has 4 aliphatic carbocycles. The fraction of sp³-hybridized carbons (Fsp3) is 0.333. The first-order valence-corrected chi connectivity index (χ1v) is 17.0. The second-order valence-corrected chi connectivity index (χ2v) is 13.4. The molecule has 0 aliphatic heterocycles. The maximum absolute atomic E-state index is 3.50. The van der Waals surface area contributed by atoms with E-state index >= 15 is 0 Å². The number of fused-ring (bicyclic) bond motifs is 5. The zero-order valence-corrected chi connectivity index (χ0v) is 32.7. The second-order valence-electron chi connectivity index (χ2n) is 13.4. The predicted octanol–water partition coefficient (Wildman–Crippen LogP) is 11.8. The molecule has 3 aromatic rings. The Balaban J connectivity index is 0.000000386. The molecule has 0 amide bonds. The van der Waals surface area contributed by atoms with E-state index in [0.717, 1.165) is 6.42 Å². The minimum atomic E-state index is 0. The summed E-state index contributed by atoms with van der Waals surface area (Å²) in [7, 11) is 0. The van der Waals surface area contributed by atoms with Crippen LogP contribution in [-0.2, 0) is 41.5 Å². The number of allylic oxidation sites excluding steroid dienone is 6. The van der Waals surface area contributed by atoms with Gasteiger partial charge in [-0.1, -0.05) is 96.4 Å². The van der Waals surface area contributed by atoms with Crippen LogP contribution < -0.4 is 0 Å². The second kappa shape index (κ2) is 17.2. The van der Waals surface area contributed by atoms with Gasteiger partial charge in [0.25, 0.3) is 0 Å². The third-order valence-electron chi connectivity index (χ3n) is 8.26. The van der Waals surface area contributed by atoms with Crippen molar-refractivity contribution in [1.29, 1.82) is 0 Å². The smallest absolute Gasteiger partial charge is 0.171 e. The first-order valence-electron chi connectivity index (χ1n) is 15.3. The molecule has 0 radical (unpaired) electrons. The van der Waals surface area contributed by atoms with Crippen molar-refractivity contribution in [2.45, 2.75) is 79.6 Å². The van der Waals surface area contributed by atoms with Gasteiger partial charge in [-0.2, -0.15) is 60.5 Å². The Hall–Kier alpha value is -2.05. The Kier molecular flexibility index (Phi) is 15.7. The van der Waals surface area contributed by atoms with Gasteiger partial charge >= 0.3 is 28.4 Å². The number of hydrogen-bond donors (Lipinski definition) is 0. The molecule has 240 valence electrons. The van der Waals surface area contributed by atoms with E-state index in [-0.39, 0.29) is 35.6 Å². The maximum Gasteiger partial charge on any atom is -0.171 e. The maximum atomic E-state index is 3.50. The molecule has 1 unspecified atom stereocenters. The number of hydrogen-bond acceptors (Lipinski definition) is 0. The zero-order valence-electron chi connectivity index (χ0n) is 28.6. The van der Waals surface area contributed by atoms with Gasteiger partial charge in [0.1, 0.15) is 0 Å². The van der Waals surface area contributed by atoms with Crippen molar-refractivity contribution in [2.24, 2.45) is 11.3 Å². The molecule has 0 nitrogen and oxygen atoms in total. The van der Waals surface area contributed by atoms with Crippen molar-refractivity contribution < 1.29 is 24.2 Å². The van der Waals surface area contributed by atoms with Crippen LogP contribution in [0.25, 0.3) is 23.3 Å². The Morgan fingerprint density at radius 2 is 1.38 bits per heavy atom. The summed E-state index contributed by atoms with van der Waals surface area (Å²) < 4.78 is 3.34. The van der Waals surface area contributed by atoms with E-state index in [0.29, 0.717) is 11.3 Å². The fourth-order valence-corrected chi connectivity index (χ4v) is 5.80. The van der Waals surface area contributed by atoms with Gasteiger partial charge in [-0.15, -0.1) is 36.4 Å². The van der Waals surface area contributed by atoms with Gasteiger partial charge in [0.15, 0.2) is 0 Å². The molecule has 1 atom stereocenters. The van der Waals surface area contributed by atoms with Gasteiger partial charge in [0.2, 0.25) is 0 Å². The van der Waals surface area contributed by atoms with Gasteiger partial charge < -0.3 is 6.92 Å². The first kappa shape index (κ1) is 41.0. The number of benzene rings is 3. The summed E-state index contributed by atoms with van der Waals surface area (Å²) in [5.41, 5.74) is 13.4. The average Bonchev–Trinajstić information content (AvgIpc) is 3.74. The quantitative estimate of drug-likeness (QED) is 0.159. The van der Waals surface area contributed by atoms with Crippen LogP contribution in [0, 0.1) is 36.5 Å². The van der Waals surface area contributed by atoms with Gasteiger partial charge in [0, 0.05) is 5.41 Å². The van der Waals surface area contributed by atoms with Crippen LogP contribution in [0.2, 0.25) is 0 Å². The Morgan fingerprint density at radius 1 is 0.822 bits per heavy atom. The predicted molar refractivity (Wildman–Crippen MR) is 200 cm³/mol. The van der Waals surface area contributed by atoms with E-state index in [4.69, 9.17) is 0 Å². The van der Waals surface area contributed by atoms with Crippen LogP contribution in [0.4, 0.5) is 0 Å². The van der Waals surface area contributed by atoms with Gasteiger partial charge in [-0.25, -0.2) is 12.2 Å². The van der Waals surface area contributed by atoms with Gasteiger partial charge in [0.05, 0.1) is 0 Å². The molecule has 3 aromatic carbocycles. The molecule has 0 saturated heterocycles. The normalized spacial score (nSPS) is 17.3. The minimum absolute atomic E-state index is 0. The van der Waals surface area contributed by atoms with Gasteiger partial charge in [-0.3, -0.25) is 12.2 Å². The Morgan fingerprint density at radius 3 is 1.82 bits per heavy atom. The van der Waals surface area contributed by atoms with Gasteiger partial charge in [-0.05, 0) is 45.9 Å². The van der Waals surface area contributed by atoms with E-state index in [1.165, 1.54) is 74.3 Å². The van der Waals surface area contributed by atoms with Crippen molar-refractivity contribution in [1.82, 2.24) is 0 Å². The molecule has 0 N–H and O–H groups in total. The van der Waals surface area contributed by atoms with Crippen LogP contribution in [0.5, 0.6) is 0 Å². The third-order valence-corrected chi connectivity index (χ3v) is 8.26. The van der Waals surface area contributed by atoms with Crippen molar-refractivity contribution >= 4 is 41.2 Å². The Bertz CT molecular complexity index is 1420. The third kappa shape index (κ3) is 9.73. The Labute approximate surface area is 302 Å². The summed E-state index contributed by atoms with van der Waals surface area (Å²) in [6, 6.07) is 22.2. The molecule has 45 heavy (non-hydrogen) atoms. The molecule has 0 bridgehead atoms. The average molecular weight is 717 g/mol. The molecule has 0 aromatic heterocycles. The molecule has 7 rings (SSSR count). The van der Waals surface area contributed by atoms with Crippen molar-refractivity contribution in [3.05, 3.63) is 137 Å². The van der Waals surface area contributed by atoms with Crippen LogP contribution in [0.3, 0.4) is 0 Å². The summed E-state index contributed by atoms with van der Waals surface area (Å²) >= 11 is 1.30. The van der Waals surface area contributed by atoms with E-state index in [2.05, 4.69) is 139 Å². The minimum Gasteiger partial charge on any atom is -0.184 e. The fourth-order valence-electron chi connectivity index (χ4n) is 5.80.